The number of aliphatic hydroxyl groups is 1. The predicted octanol–water partition coefficient (Wildman–Crippen LogP) is 2.13. The van der Waals surface area contributed by atoms with E-state index in [-0.39, 0.29) is 11.7 Å². The minimum absolute atomic E-state index is 0.168. The van der Waals surface area contributed by atoms with E-state index < -0.39 is 5.60 Å². The first kappa shape index (κ1) is 12.7. The Bertz CT molecular complexity index is 367. The fourth-order valence-electron chi connectivity index (χ4n) is 1.79. The van der Waals surface area contributed by atoms with Crippen LogP contribution in [0, 0.1) is 5.92 Å². The van der Waals surface area contributed by atoms with Gasteiger partial charge in [-0.1, -0.05) is 26.0 Å². The van der Waals surface area contributed by atoms with Crippen molar-refractivity contribution in [2.75, 3.05) is 7.11 Å². The average molecular weight is 222 g/mol. The van der Waals surface area contributed by atoms with Crippen LogP contribution in [0.15, 0.2) is 24.3 Å². The summed E-state index contributed by atoms with van der Waals surface area (Å²) in [5.74, 6) is 0.296. The summed E-state index contributed by atoms with van der Waals surface area (Å²) in [6.45, 7) is 5.06. The molecule has 0 aliphatic heterocycles. The third-order valence-electron chi connectivity index (χ3n) is 2.90. The molecule has 3 nitrogen and oxygen atoms in total. The van der Waals surface area contributed by atoms with Gasteiger partial charge in [-0.2, -0.15) is 0 Å². The molecular weight excluding hydrogens is 204 g/mol. The standard InChI is InChI=1S/C13H18O3/c1-9(2)13(15,10(3)14)11-5-7-12(16-4)8-6-11/h5-9,15H,1-4H3. The summed E-state index contributed by atoms with van der Waals surface area (Å²) >= 11 is 0. The maximum atomic E-state index is 11.6. The Hall–Kier alpha value is -1.35. The van der Waals surface area contributed by atoms with Gasteiger partial charge < -0.3 is 9.84 Å². The molecule has 0 bridgehead atoms. The van der Waals surface area contributed by atoms with Crippen molar-refractivity contribution in [3.63, 3.8) is 0 Å². The molecule has 1 aromatic carbocycles. The van der Waals surface area contributed by atoms with Crippen LogP contribution in [0.2, 0.25) is 0 Å². The maximum absolute atomic E-state index is 11.6. The topological polar surface area (TPSA) is 46.5 Å². The Balaban J connectivity index is 3.17. The van der Waals surface area contributed by atoms with E-state index in [0.717, 1.165) is 0 Å². The lowest BCUT2D eigenvalue weighted by Gasteiger charge is -2.30. The minimum atomic E-state index is -1.41. The number of carbonyl (C=O) groups excluding carboxylic acids is 1. The van der Waals surface area contributed by atoms with Gasteiger partial charge in [-0.25, -0.2) is 0 Å². The monoisotopic (exact) mass is 222 g/mol. The van der Waals surface area contributed by atoms with Gasteiger partial charge >= 0.3 is 0 Å². The second-order valence-electron chi connectivity index (χ2n) is 4.21. The molecular formula is C13H18O3. The average Bonchev–Trinajstić information content (AvgIpc) is 2.27. The molecule has 1 rings (SSSR count). The number of methoxy groups -OCH3 is 1. The number of hydrogen-bond acceptors (Lipinski definition) is 3. The zero-order chi connectivity index (χ0) is 12.3. The molecule has 1 aromatic rings. The van der Waals surface area contributed by atoms with E-state index in [1.807, 2.05) is 13.8 Å². The van der Waals surface area contributed by atoms with Gasteiger partial charge in [-0.15, -0.1) is 0 Å². The lowest BCUT2D eigenvalue weighted by Crippen LogP contribution is -2.39. The van der Waals surface area contributed by atoms with Crippen molar-refractivity contribution in [3.05, 3.63) is 29.8 Å². The van der Waals surface area contributed by atoms with Gasteiger partial charge in [0.15, 0.2) is 5.78 Å². The van der Waals surface area contributed by atoms with Gasteiger partial charge in [0.25, 0.3) is 0 Å². The molecule has 0 radical (unpaired) electrons. The number of hydrogen-bond donors (Lipinski definition) is 1. The summed E-state index contributed by atoms with van der Waals surface area (Å²) in [5.41, 5.74) is -0.803. The van der Waals surface area contributed by atoms with Crippen LogP contribution in [0.1, 0.15) is 26.3 Å². The third-order valence-corrected chi connectivity index (χ3v) is 2.90. The molecule has 1 atom stereocenters. The SMILES string of the molecule is COc1ccc(C(O)(C(C)=O)C(C)C)cc1. The molecule has 0 spiro atoms. The van der Waals surface area contributed by atoms with Gasteiger partial charge in [0.05, 0.1) is 7.11 Å². The zero-order valence-electron chi connectivity index (χ0n) is 10.2. The molecule has 88 valence electrons. The van der Waals surface area contributed by atoms with Gasteiger partial charge in [0.1, 0.15) is 11.4 Å². The molecule has 3 heteroatoms. The fourth-order valence-corrected chi connectivity index (χ4v) is 1.79. The molecule has 0 saturated carbocycles. The van der Waals surface area contributed by atoms with Gasteiger partial charge in [0, 0.05) is 0 Å². The number of Topliss-reactive ketones (excluding diaryl/α,β-unsaturated/α-hetero) is 1. The summed E-state index contributed by atoms with van der Waals surface area (Å²) in [4.78, 5) is 11.6. The van der Waals surface area contributed by atoms with Gasteiger partial charge in [0.2, 0.25) is 0 Å². The van der Waals surface area contributed by atoms with E-state index in [1.165, 1.54) is 6.92 Å². The van der Waals surface area contributed by atoms with Crippen LogP contribution in [0.4, 0.5) is 0 Å². The number of carbonyl (C=O) groups is 1. The van der Waals surface area contributed by atoms with Crippen molar-refractivity contribution in [2.24, 2.45) is 5.92 Å². The quantitative estimate of drug-likeness (QED) is 0.848. The summed E-state index contributed by atoms with van der Waals surface area (Å²) in [7, 11) is 1.58. The largest absolute Gasteiger partial charge is 0.497 e. The second kappa shape index (κ2) is 4.66. The highest BCUT2D eigenvalue weighted by atomic mass is 16.5. The minimum Gasteiger partial charge on any atom is -0.497 e. The summed E-state index contributed by atoms with van der Waals surface area (Å²) in [6, 6.07) is 6.93. The van der Waals surface area contributed by atoms with E-state index in [1.54, 1.807) is 31.4 Å². The molecule has 0 aliphatic rings. The molecule has 0 aromatic heterocycles. The van der Waals surface area contributed by atoms with Crippen LogP contribution >= 0.6 is 0 Å². The van der Waals surface area contributed by atoms with Crippen molar-refractivity contribution < 1.29 is 14.6 Å². The van der Waals surface area contributed by atoms with Crippen LogP contribution in [0.3, 0.4) is 0 Å². The van der Waals surface area contributed by atoms with Crippen molar-refractivity contribution >= 4 is 5.78 Å². The van der Waals surface area contributed by atoms with Crippen LogP contribution in [-0.4, -0.2) is 18.0 Å². The maximum Gasteiger partial charge on any atom is 0.166 e. The molecule has 0 heterocycles. The van der Waals surface area contributed by atoms with Gasteiger partial charge in [-0.3, -0.25) is 4.79 Å². The highest BCUT2D eigenvalue weighted by Gasteiger charge is 2.37. The van der Waals surface area contributed by atoms with Crippen LogP contribution in [0.25, 0.3) is 0 Å². The predicted molar refractivity (Wildman–Crippen MR) is 62.4 cm³/mol. The first-order valence-electron chi connectivity index (χ1n) is 5.30. The van der Waals surface area contributed by atoms with E-state index in [0.29, 0.717) is 11.3 Å². The van der Waals surface area contributed by atoms with E-state index in [9.17, 15) is 9.90 Å². The Morgan fingerprint density at radius 3 is 2.12 bits per heavy atom. The van der Waals surface area contributed by atoms with Crippen LogP contribution in [-0.2, 0) is 10.4 Å². The van der Waals surface area contributed by atoms with E-state index in [2.05, 4.69) is 0 Å². The van der Waals surface area contributed by atoms with E-state index >= 15 is 0 Å². The van der Waals surface area contributed by atoms with Crippen molar-refractivity contribution in [3.8, 4) is 5.75 Å². The lowest BCUT2D eigenvalue weighted by atomic mass is 9.80. The number of benzene rings is 1. The Kier molecular flexibility index (Phi) is 3.70. The van der Waals surface area contributed by atoms with Crippen LogP contribution in [0.5, 0.6) is 5.75 Å². The molecule has 1 unspecified atom stereocenters. The number of rotatable bonds is 4. The Labute approximate surface area is 96.1 Å². The molecule has 0 aliphatic carbocycles. The van der Waals surface area contributed by atoms with E-state index in [4.69, 9.17) is 4.74 Å². The smallest absolute Gasteiger partial charge is 0.166 e. The van der Waals surface area contributed by atoms with Crippen molar-refractivity contribution in [2.45, 2.75) is 26.4 Å². The zero-order valence-corrected chi connectivity index (χ0v) is 10.2. The molecule has 16 heavy (non-hydrogen) atoms. The normalized spacial score (nSPS) is 14.6. The highest BCUT2D eigenvalue weighted by molar-refractivity contribution is 5.86. The summed E-state index contributed by atoms with van der Waals surface area (Å²) in [6.07, 6.45) is 0. The molecule has 1 N–H and O–H groups in total. The Morgan fingerprint density at radius 1 is 1.31 bits per heavy atom. The number of ketones is 1. The van der Waals surface area contributed by atoms with Crippen molar-refractivity contribution in [1.82, 2.24) is 0 Å². The molecule has 0 fully saturated rings. The van der Waals surface area contributed by atoms with Crippen molar-refractivity contribution in [1.29, 1.82) is 0 Å². The van der Waals surface area contributed by atoms with Gasteiger partial charge in [-0.05, 0) is 30.5 Å². The number of ether oxygens (including phenoxy) is 1. The first-order valence-corrected chi connectivity index (χ1v) is 5.30. The van der Waals surface area contributed by atoms with Crippen LogP contribution < -0.4 is 4.74 Å². The second-order valence-corrected chi connectivity index (χ2v) is 4.21. The molecule has 0 saturated heterocycles. The summed E-state index contributed by atoms with van der Waals surface area (Å²) < 4.78 is 5.04. The fraction of sp³-hybridized carbons (Fsp3) is 0.462. The molecule has 0 amide bonds. The summed E-state index contributed by atoms with van der Waals surface area (Å²) in [5, 5.41) is 10.4. The highest BCUT2D eigenvalue weighted by Crippen LogP contribution is 2.31. The Morgan fingerprint density at radius 2 is 1.81 bits per heavy atom. The third kappa shape index (κ3) is 2.09. The first-order chi connectivity index (χ1) is 7.42. The lowest BCUT2D eigenvalue weighted by molar-refractivity contribution is -0.141.